The average Bonchev–Trinajstić information content (AvgIpc) is 2.30. The first-order valence-electron chi connectivity index (χ1n) is 5.14. The van der Waals surface area contributed by atoms with Crippen LogP contribution < -0.4 is 5.73 Å². The minimum atomic E-state index is -0.923. The van der Waals surface area contributed by atoms with E-state index >= 15 is 0 Å². The number of benzene rings is 2. The summed E-state index contributed by atoms with van der Waals surface area (Å²) < 4.78 is 40.4. The maximum Gasteiger partial charge on any atom is 0.128 e. The molecule has 0 heterocycles. The molecule has 18 heavy (non-hydrogen) atoms. The number of hydrogen-bond donors (Lipinski definition) is 1. The number of rotatable bonds is 2. The number of hydrogen-bond acceptors (Lipinski definition) is 1. The zero-order valence-corrected chi connectivity index (χ0v) is 10.7. The highest BCUT2D eigenvalue weighted by Crippen LogP contribution is 2.26. The van der Waals surface area contributed by atoms with E-state index in [9.17, 15) is 13.2 Å². The predicted octanol–water partition coefficient (Wildman–Crippen LogP) is 3.91. The zero-order chi connectivity index (χ0) is 13.3. The second-order valence-electron chi connectivity index (χ2n) is 3.85. The van der Waals surface area contributed by atoms with Crippen molar-refractivity contribution in [2.75, 3.05) is 0 Å². The summed E-state index contributed by atoms with van der Waals surface area (Å²) in [6.45, 7) is 0. The van der Waals surface area contributed by atoms with E-state index in [0.29, 0.717) is 4.47 Å². The van der Waals surface area contributed by atoms with Gasteiger partial charge in [-0.1, -0.05) is 15.9 Å². The standard InChI is InChI=1S/C13H9BrF3N/c14-8-1-2-12(17)11(5-8)13(18)7-3-9(15)6-10(16)4-7/h1-6,13H,18H2. The molecule has 2 rings (SSSR count). The number of nitrogens with two attached hydrogens (primary N) is 1. The summed E-state index contributed by atoms with van der Waals surface area (Å²) in [5.74, 6) is -2.00. The lowest BCUT2D eigenvalue weighted by Gasteiger charge is -2.14. The lowest BCUT2D eigenvalue weighted by atomic mass is 9.99. The van der Waals surface area contributed by atoms with Gasteiger partial charge in [0.05, 0.1) is 6.04 Å². The minimum absolute atomic E-state index is 0.175. The van der Waals surface area contributed by atoms with Crippen LogP contribution in [0.2, 0.25) is 0 Å². The molecule has 1 unspecified atom stereocenters. The van der Waals surface area contributed by atoms with Crippen LogP contribution in [0.15, 0.2) is 40.9 Å². The van der Waals surface area contributed by atoms with Crippen molar-refractivity contribution in [1.29, 1.82) is 0 Å². The van der Waals surface area contributed by atoms with E-state index in [4.69, 9.17) is 5.73 Å². The molecule has 0 aliphatic heterocycles. The average molecular weight is 316 g/mol. The molecule has 1 atom stereocenters. The van der Waals surface area contributed by atoms with E-state index in [1.165, 1.54) is 18.2 Å². The second-order valence-corrected chi connectivity index (χ2v) is 4.76. The highest BCUT2D eigenvalue weighted by atomic mass is 79.9. The van der Waals surface area contributed by atoms with Gasteiger partial charge in [0.25, 0.3) is 0 Å². The third-order valence-corrected chi connectivity index (χ3v) is 3.03. The maximum atomic E-state index is 13.6. The summed E-state index contributed by atoms with van der Waals surface area (Å²) in [4.78, 5) is 0. The van der Waals surface area contributed by atoms with Gasteiger partial charge < -0.3 is 5.73 Å². The minimum Gasteiger partial charge on any atom is -0.320 e. The molecule has 0 aromatic heterocycles. The van der Waals surface area contributed by atoms with E-state index in [1.54, 1.807) is 0 Å². The molecule has 0 bridgehead atoms. The molecule has 0 aliphatic rings. The van der Waals surface area contributed by atoms with E-state index in [-0.39, 0.29) is 11.1 Å². The van der Waals surface area contributed by atoms with E-state index in [0.717, 1.165) is 18.2 Å². The van der Waals surface area contributed by atoms with Crippen molar-refractivity contribution in [2.24, 2.45) is 5.73 Å². The van der Waals surface area contributed by atoms with Gasteiger partial charge in [0, 0.05) is 16.1 Å². The third kappa shape index (κ3) is 2.73. The van der Waals surface area contributed by atoms with E-state index in [2.05, 4.69) is 15.9 Å². The van der Waals surface area contributed by atoms with Crippen LogP contribution in [0.1, 0.15) is 17.2 Å². The van der Waals surface area contributed by atoms with E-state index < -0.39 is 23.5 Å². The van der Waals surface area contributed by atoms with Gasteiger partial charge in [-0.3, -0.25) is 0 Å². The van der Waals surface area contributed by atoms with Crippen LogP contribution in [0.4, 0.5) is 13.2 Å². The molecule has 2 aromatic rings. The molecule has 0 saturated carbocycles. The van der Waals surface area contributed by atoms with Gasteiger partial charge >= 0.3 is 0 Å². The Bertz CT molecular complexity index is 566. The molecule has 0 aliphatic carbocycles. The largest absolute Gasteiger partial charge is 0.320 e. The predicted molar refractivity (Wildman–Crippen MR) is 66.5 cm³/mol. The fourth-order valence-corrected chi connectivity index (χ4v) is 2.07. The normalized spacial score (nSPS) is 12.5. The SMILES string of the molecule is NC(c1cc(F)cc(F)c1)c1cc(Br)ccc1F. The van der Waals surface area contributed by atoms with Crippen LogP contribution in [-0.2, 0) is 0 Å². The van der Waals surface area contributed by atoms with Gasteiger partial charge in [-0.2, -0.15) is 0 Å². The first-order valence-corrected chi connectivity index (χ1v) is 5.93. The smallest absolute Gasteiger partial charge is 0.128 e. The van der Waals surface area contributed by atoms with Crippen molar-refractivity contribution >= 4 is 15.9 Å². The molecule has 2 aromatic carbocycles. The van der Waals surface area contributed by atoms with Crippen LogP contribution in [0.3, 0.4) is 0 Å². The lowest BCUT2D eigenvalue weighted by molar-refractivity contribution is 0.571. The molecule has 0 spiro atoms. The quantitative estimate of drug-likeness (QED) is 0.893. The van der Waals surface area contributed by atoms with Crippen LogP contribution in [0, 0.1) is 17.5 Å². The van der Waals surface area contributed by atoms with Crippen LogP contribution >= 0.6 is 15.9 Å². The van der Waals surface area contributed by atoms with Crippen molar-refractivity contribution in [3.8, 4) is 0 Å². The van der Waals surface area contributed by atoms with Gasteiger partial charge in [-0.05, 0) is 35.9 Å². The topological polar surface area (TPSA) is 26.0 Å². The Morgan fingerprint density at radius 3 is 2.17 bits per heavy atom. The molecule has 2 N–H and O–H groups in total. The van der Waals surface area contributed by atoms with Crippen LogP contribution in [0.5, 0.6) is 0 Å². The first kappa shape index (κ1) is 13.1. The van der Waals surface area contributed by atoms with Crippen molar-refractivity contribution in [1.82, 2.24) is 0 Å². The Morgan fingerprint density at radius 2 is 1.56 bits per heavy atom. The van der Waals surface area contributed by atoms with Crippen LogP contribution in [0.25, 0.3) is 0 Å². The summed E-state index contributed by atoms with van der Waals surface area (Å²) in [6.07, 6.45) is 0. The van der Waals surface area contributed by atoms with Gasteiger partial charge in [0.1, 0.15) is 17.5 Å². The fourth-order valence-electron chi connectivity index (χ4n) is 1.69. The second kappa shape index (κ2) is 5.12. The van der Waals surface area contributed by atoms with Crippen LogP contribution in [-0.4, -0.2) is 0 Å². The summed E-state index contributed by atoms with van der Waals surface area (Å²) in [7, 11) is 0. The Labute approximate surface area is 111 Å². The first-order chi connectivity index (χ1) is 8.47. The summed E-state index contributed by atoms with van der Waals surface area (Å²) in [6, 6.07) is 6.26. The maximum absolute atomic E-state index is 13.6. The summed E-state index contributed by atoms with van der Waals surface area (Å²) in [5, 5.41) is 0. The highest BCUT2D eigenvalue weighted by Gasteiger charge is 2.15. The van der Waals surface area contributed by atoms with Gasteiger partial charge in [0.15, 0.2) is 0 Å². The van der Waals surface area contributed by atoms with Crippen molar-refractivity contribution in [3.63, 3.8) is 0 Å². The van der Waals surface area contributed by atoms with Crippen molar-refractivity contribution in [2.45, 2.75) is 6.04 Å². The van der Waals surface area contributed by atoms with Crippen molar-refractivity contribution in [3.05, 3.63) is 69.4 Å². The molecular formula is C13H9BrF3N. The monoisotopic (exact) mass is 315 g/mol. The Hall–Kier alpha value is -1.33. The Morgan fingerprint density at radius 1 is 0.944 bits per heavy atom. The summed E-state index contributed by atoms with van der Waals surface area (Å²) >= 11 is 3.20. The van der Waals surface area contributed by atoms with Gasteiger partial charge in [0.2, 0.25) is 0 Å². The highest BCUT2D eigenvalue weighted by molar-refractivity contribution is 9.10. The third-order valence-electron chi connectivity index (χ3n) is 2.54. The van der Waals surface area contributed by atoms with Gasteiger partial charge in [-0.15, -0.1) is 0 Å². The Kier molecular flexibility index (Phi) is 3.73. The molecule has 5 heteroatoms. The molecule has 94 valence electrons. The molecule has 0 saturated heterocycles. The summed E-state index contributed by atoms with van der Waals surface area (Å²) in [5.41, 5.74) is 6.19. The molecule has 0 radical (unpaired) electrons. The Balaban J connectivity index is 2.47. The zero-order valence-electron chi connectivity index (χ0n) is 9.13. The van der Waals surface area contributed by atoms with E-state index in [1.807, 2.05) is 0 Å². The van der Waals surface area contributed by atoms with Crippen molar-refractivity contribution < 1.29 is 13.2 Å². The molecule has 0 fully saturated rings. The molecule has 1 nitrogen and oxygen atoms in total. The number of halogens is 4. The van der Waals surface area contributed by atoms with Gasteiger partial charge in [-0.25, -0.2) is 13.2 Å². The molecule has 0 amide bonds. The molecular weight excluding hydrogens is 307 g/mol. The lowest BCUT2D eigenvalue weighted by Crippen LogP contribution is -2.14. The fraction of sp³-hybridized carbons (Fsp3) is 0.0769.